The van der Waals surface area contributed by atoms with Crippen molar-refractivity contribution < 1.29 is 4.42 Å². The Morgan fingerprint density at radius 3 is 1.59 bits per heavy atom. The molecular formula is C45H33N3O. The fraction of sp³-hybridized carbons (Fsp3) is 0.133. The van der Waals surface area contributed by atoms with Crippen LogP contribution in [0.4, 0.5) is 0 Å². The van der Waals surface area contributed by atoms with Crippen LogP contribution >= 0.6 is 0 Å². The summed E-state index contributed by atoms with van der Waals surface area (Å²) in [6.07, 6.45) is 6.35. The summed E-state index contributed by atoms with van der Waals surface area (Å²) in [5, 5.41) is 2.14. The second-order valence-corrected chi connectivity index (χ2v) is 13.5. The third-order valence-electron chi connectivity index (χ3n) is 10.7. The van der Waals surface area contributed by atoms with E-state index >= 15 is 0 Å². The van der Waals surface area contributed by atoms with E-state index in [1.165, 1.54) is 65.5 Å². The van der Waals surface area contributed by atoms with Gasteiger partial charge >= 0.3 is 0 Å². The maximum atomic E-state index is 6.37. The lowest BCUT2D eigenvalue weighted by Gasteiger charge is -2.36. The van der Waals surface area contributed by atoms with Crippen LogP contribution in [-0.2, 0) is 5.41 Å². The van der Waals surface area contributed by atoms with Crippen molar-refractivity contribution >= 4 is 21.9 Å². The number of fused-ring (bicyclic) bond motifs is 8. The van der Waals surface area contributed by atoms with E-state index in [4.69, 9.17) is 19.4 Å². The third kappa shape index (κ3) is 4.55. The summed E-state index contributed by atoms with van der Waals surface area (Å²) in [5.41, 5.74) is 13.0. The number of hydrogen-bond acceptors (Lipinski definition) is 4. The van der Waals surface area contributed by atoms with Crippen LogP contribution in [0.3, 0.4) is 0 Å². The molecule has 2 heterocycles. The summed E-state index contributed by atoms with van der Waals surface area (Å²) in [6, 6.07) is 49.3. The van der Waals surface area contributed by atoms with Gasteiger partial charge in [-0.25, -0.2) is 15.0 Å². The number of benzene rings is 6. The first kappa shape index (κ1) is 28.2. The normalized spacial score (nSPS) is 14.7. The molecule has 1 spiro atoms. The molecule has 4 nitrogen and oxygen atoms in total. The highest BCUT2D eigenvalue weighted by atomic mass is 16.3. The van der Waals surface area contributed by atoms with Gasteiger partial charge in [0.05, 0.1) is 0 Å². The first-order valence-corrected chi connectivity index (χ1v) is 17.3. The molecule has 0 amide bonds. The minimum atomic E-state index is 0.128. The molecule has 0 atom stereocenters. The molecule has 0 radical (unpaired) electrons. The van der Waals surface area contributed by atoms with Crippen molar-refractivity contribution in [3.05, 3.63) is 151 Å². The summed E-state index contributed by atoms with van der Waals surface area (Å²) in [5.74, 6) is 1.94. The van der Waals surface area contributed by atoms with Gasteiger partial charge in [-0.1, -0.05) is 122 Å². The van der Waals surface area contributed by atoms with E-state index in [2.05, 4.69) is 66.7 Å². The molecule has 0 bridgehead atoms. The van der Waals surface area contributed by atoms with Gasteiger partial charge in [0.15, 0.2) is 17.5 Å². The van der Waals surface area contributed by atoms with Crippen LogP contribution in [0.2, 0.25) is 0 Å². The van der Waals surface area contributed by atoms with Crippen LogP contribution in [0.5, 0.6) is 0 Å². The Balaban J connectivity index is 1.10. The molecule has 0 unspecified atom stereocenters. The summed E-state index contributed by atoms with van der Waals surface area (Å²) in [4.78, 5) is 14.8. The SMILES string of the molecule is c1ccc(-c2nc(-c3ccccc3)nc(-c3ccc4oc5ccc(-c6ccc7c(c6)C6(CCCCC6)c6ccccc6-7)cc5c4c3)n2)cc1. The van der Waals surface area contributed by atoms with E-state index in [0.29, 0.717) is 17.5 Å². The highest BCUT2D eigenvalue weighted by molar-refractivity contribution is 6.07. The predicted molar refractivity (Wildman–Crippen MR) is 198 cm³/mol. The summed E-state index contributed by atoms with van der Waals surface area (Å²) in [7, 11) is 0. The molecule has 1 saturated carbocycles. The van der Waals surface area contributed by atoms with Crippen molar-refractivity contribution in [2.24, 2.45) is 0 Å². The van der Waals surface area contributed by atoms with E-state index < -0.39 is 0 Å². The Morgan fingerprint density at radius 2 is 0.918 bits per heavy atom. The topological polar surface area (TPSA) is 51.8 Å². The maximum absolute atomic E-state index is 6.37. The average Bonchev–Trinajstić information content (AvgIpc) is 3.67. The molecule has 6 aromatic carbocycles. The van der Waals surface area contributed by atoms with Crippen LogP contribution in [0.25, 0.3) is 78.4 Å². The van der Waals surface area contributed by atoms with Crippen LogP contribution in [0.15, 0.2) is 144 Å². The van der Waals surface area contributed by atoms with Gasteiger partial charge in [-0.3, -0.25) is 0 Å². The van der Waals surface area contributed by atoms with Crippen LogP contribution in [-0.4, -0.2) is 15.0 Å². The van der Waals surface area contributed by atoms with Gasteiger partial charge in [0, 0.05) is 32.9 Å². The number of aromatic nitrogens is 3. The number of furan rings is 1. The van der Waals surface area contributed by atoms with Crippen molar-refractivity contribution in [1.82, 2.24) is 15.0 Å². The van der Waals surface area contributed by atoms with Crippen molar-refractivity contribution in [2.45, 2.75) is 37.5 Å². The Bertz CT molecular complexity index is 2470. The second-order valence-electron chi connectivity index (χ2n) is 13.5. The maximum Gasteiger partial charge on any atom is 0.164 e. The zero-order valence-corrected chi connectivity index (χ0v) is 27.1. The third-order valence-corrected chi connectivity index (χ3v) is 10.7. The lowest BCUT2D eigenvalue weighted by molar-refractivity contribution is 0.353. The molecular weight excluding hydrogens is 599 g/mol. The van der Waals surface area contributed by atoms with Crippen molar-refractivity contribution in [1.29, 1.82) is 0 Å². The quantitative estimate of drug-likeness (QED) is 0.194. The molecule has 1 fully saturated rings. The molecule has 234 valence electrons. The van der Waals surface area contributed by atoms with Crippen LogP contribution < -0.4 is 0 Å². The zero-order valence-electron chi connectivity index (χ0n) is 27.1. The van der Waals surface area contributed by atoms with Gasteiger partial charge in [-0.2, -0.15) is 0 Å². The number of nitrogens with zero attached hydrogens (tertiary/aromatic N) is 3. The molecule has 4 heteroatoms. The molecule has 2 aromatic heterocycles. The lowest BCUT2D eigenvalue weighted by Crippen LogP contribution is -2.28. The van der Waals surface area contributed by atoms with Crippen molar-refractivity contribution in [3.8, 4) is 56.4 Å². The molecule has 2 aliphatic rings. The predicted octanol–water partition coefficient (Wildman–Crippen LogP) is 11.7. The smallest absolute Gasteiger partial charge is 0.164 e. The average molecular weight is 632 g/mol. The van der Waals surface area contributed by atoms with Crippen molar-refractivity contribution in [2.75, 3.05) is 0 Å². The Labute approximate surface area is 285 Å². The first-order chi connectivity index (χ1) is 24.2. The number of rotatable bonds is 4. The molecule has 2 aliphatic carbocycles. The standard InChI is InChI=1S/C45H33N3O/c1-4-12-29(13-5-1)42-46-43(30-14-6-2-7-15-30)48-44(47-42)33-20-23-41-37(27-33)36-26-31(19-22-40(36)49-41)32-18-21-35-34-16-8-9-17-38(34)45(39(35)28-32)24-10-3-11-25-45/h1-2,4-9,12-23,26-28H,3,10-11,24-25H2. The minimum Gasteiger partial charge on any atom is -0.456 e. The molecule has 0 N–H and O–H groups in total. The van der Waals surface area contributed by atoms with E-state index in [1.54, 1.807) is 0 Å². The largest absolute Gasteiger partial charge is 0.456 e. The zero-order chi connectivity index (χ0) is 32.4. The second kappa shape index (κ2) is 11.1. The van der Waals surface area contributed by atoms with Gasteiger partial charge in [-0.05, 0) is 82.6 Å². The molecule has 0 aliphatic heterocycles. The van der Waals surface area contributed by atoms with Gasteiger partial charge in [0.25, 0.3) is 0 Å². The van der Waals surface area contributed by atoms with Gasteiger partial charge in [0.2, 0.25) is 0 Å². The van der Waals surface area contributed by atoms with E-state index in [1.807, 2.05) is 72.8 Å². The first-order valence-electron chi connectivity index (χ1n) is 17.3. The van der Waals surface area contributed by atoms with Crippen molar-refractivity contribution in [3.63, 3.8) is 0 Å². The molecule has 49 heavy (non-hydrogen) atoms. The monoisotopic (exact) mass is 631 g/mol. The summed E-state index contributed by atoms with van der Waals surface area (Å²) < 4.78 is 6.37. The Kier molecular flexibility index (Phi) is 6.38. The fourth-order valence-corrected chi connectivity index (χ4v) is 8.36. The van der Waals surface area contributed by atoms with Gasteiger partial charge in [-0.15, -0.1) is 0 Å². The lowest BCUT2D eigenvalue weighted by atomic mass is 9.67. The highest BCUT2D eigenvalue weighted by Gasteiger charge is 2.43. The van der Waals surface area contributed by atoms with Crippen LogP contribution in [0.1, 0.15) is 43.2 Å². The minimum absolute atomic E-state index is 0.128. The van der Waals surface area contributed by atoms with E-state index in [-0.39, 0.29) is 5.41 Å². The van der Waals surface area contributed by atoms with Crippen LogP contribution in [0, 0.1) is 0 Å². The van der Waals surface area contributed by atoms with Gasteiger partial charge < -0.3 is 4.42 Å². The fourth-order valence-electron chi connectivity index (χ4n) is 8.36. The van der Waals surface area contributed by atoms with Gasteiger partial charge in [0.1, 0.15) is 11.2 Å². The molecule has 10 rings (SSSR count). The van der Waals surface area contributed by atoms with E-state index in [9.17, 15) is 0 Å². The Morgan fingerprint density at radius 1 is 0.408 bits per heavy atom. The molecule has 0 saturated heterocycles. The Hall–Kier alpha value is -5.87. The van der Waals surface area contributed by atoms with E-state index in [0.717, 1.165) is 38.6 Å². The molecule has 8 aromatic rings. The number of hydrogen-bond donors (Lipinski definition) is 0. The summed E-state index contributed by atoms with van der Waals surface area (Å²) in [6.45, 7) is 0. The highest BCUT2D eigenvalue weighted by Crippen LogP contribution is 2.56. The summed E-state index contributed by atoms with van der Waals surface area (Å²) >= 11 is 0.